The third-order valence-corrected chi connectivity index (χ3v) is 4.53. The summed E-state index contributed by atoms with van der Waals surface area (Å²) >= 11 is 0. The largest absolute Gasteiger partial charge is 0.306 e. The van der Waals surface area contributed by atoms with Gasteiger partial charge >= 0.3 is 0 Å². The topological polar surface area (TPSA) is 61.9 Å². The average molecular weight is 354 g/mol. The molecule has 0 unspecified atom stereocenters. The molecule has 0 atom stereocenters. The number of fused-ring (bicyclic) bond motifs is 1. The Morgan fingerprint density at radius 3 is 2.77 bits per heavy atom. The van der Waals surface area contributed by atoms with E-state index in [9.17, 15) is 13.6 Å². The predicted octanol–water partition coefficient (Wildman–Crippen LogP) is 2.67. The number of pyridine rings is 1. The summed E-state index contributed by atoms with van der Waals surface area (Å²) in [6.45, 7) is 1.26. The second kappa shape index (κ2) is 6.76. The molecule has 4 rings (SSSR count). The normalized spacial score (nSPS) is 14.2. The van der Waals surface area contributed by atoms with Crippen LogP contribution in [-0.4, -0.2) is 26.4 Å². The molecule has 0 amide bonds. The van der Waals surface area contributed by atoms with Crippen molar-refractivity contribution < 1.29 is 8.78 Å². The number of hydrogen-bond acceptors (Lipinski definition) is 4. The molecule has 0 aliphatic carbocycles. The minimum atomic E-state index is -0.852. The fraction of sp³-hybridized carbons (Fsp3) is 0.211. The molecule has 132 valence electrons. The highest BCUT2D eigenvalue weighted by Crippen LogP contribution is 2.21. The summed E-state index contributed by atoms with van der Waals surface area (Å²) in [6.07, 6.45) is 3.78. The Morgan fingerprint density at radius 1 is 1.15 bits per heavy atom. The Bertz CT molecular complexity index is 1000. The van der Waals surface area contributed by atoms with Crippen LogP contribution < -0.4 is 5.56 Å². The molecule has 1 N–H and O–H groups in total. The van der Waals surface area contributed by atoms with Crippen LogP contribution in [0.2, 0.25) is 0 Å². The van der Waals surface area contributed by atoms with Gasteiger partial charge in [-0.3, -0.25) is 14.7 Å². The maximum absolute atomic E-state index is 13.9. The molecule has 3 aromatic rings. The number of aromatic amines is 1. The monoisotopic (exact) mass is 354 g/mol. The number of halogens is 2. The van der Waals surface area contributed by atoms with Crippen molar-refractivity contribution in [1.29, 1.82) is 0 Å². The Kier molecular flexibility index (Phi) is 4.30. The van der Waals surface area contributed by atoms with Crippen molar-refractivity contribution in [3.05, 3.63) is 81.5 Å². The Hall–Kier alpha value is -2.93. The highest BCUT2D eigenvalue weighted by molar-refractivity contribution is 5.54. The van der Waals surface area contributed by atoms with Gasteiger partial charge in [0.25, 0.3) is 5.56 Å². The zero-order chi connectivity index (χ0) is 18.1. The van der Waals surface area contributed by atoms with Crippen molar-refractivity contribution in [1.82, 2.24) is 19.9 Å². The Balaban J connectivity index is 1.63. The third-order valence-electron chi connectivity index (χ3n) is 4.53. The van der Waals surface area contributed by atoms with Crippen LogP contribution in [-0.2, 0) is 19.5 Å². The molecule has 0 saturated heterocycles. The average Bonchev–Trinajstić information content (AvgIpc) is 2.66. The SMILES string of the molecule is O=c1[nH]c(-c2ccncc2)nc2c1CCN(Cc1cccc(F)c1F)C2. The summed E-state index contributed by atoms with van der Waals surface area (Å²) in [4.78, 5) is 25.7. The lowest BCUT2D eigenvalue weighted by molar-refractivity contribution is 0.236. The maximum Gasteiger partial charge on any atom is 0.254 e. The lowest BCUT2D eigenvalue weighted by atomic mass is 10.0. The lowest BCUT2D eigenvalue weighted by Crippen LogP contribution is -2.35. The van der Waals surface area contributed by atoms with E-state index in [2.05, 4.69) is 15.0 Å². The van der Waals surface area contributed by atoms with Gasteiger partial charge in [0.1, 0.15) is 5.82 Å². The van der Waals surface area contributed by atoms with Gasteiger partial charge in [-0.25, -0.2) is 13.8 Å². The number of nitrogens with one attached hydrogen (secondary N) is 1. The van der Waals surface area contributed by atoms with Crippen molar-refractivity contribution in [3.8, 4) is 11.4 Å². The molecule has 1 aromatic carbocycles. The van der Waals surface area contributed by atoms with Gasteiger partial charge in [0.2, 0.25) is 0 Å². The van der Waals surface area contributed by atoms with Gasteiger partial charge in [0.05, 0.1) is 5.69 Å². The van der Waals surface area contributed by atoms with Crippen LogP contribution in [0.1, 0.15) is 16.8 Å². The van der Waals surface area contributed by atoms with Crippen molar-refractivity contribution in [3.63, 3.8) is 0 Å². The molecule has 1 aliphatic heterocycles. The maximum atomic E-state index is 13.9. The second-order valence-corrected chi connectivity index (χ2v) is 6.25. The molecule has 26 heavy (non-hydrogen) atoms. The standard InChI is InChI=1S/C19H16F2N4O/c20-15-3-1-2-13(17(15)21)10-25-9-6-14-16(11-25)23-18(24-19(14)26)12-4-7-22-8-5-12/h1-5,7-8H,6,9-11H2,(H,23,24,26). The van der Waals surface area contributed by atoms with Crippen molar-refractivity contribution in [2.75, 3.05) is 6.54 Å². The fourth-order valence-electron chi connectivity index (χ4n) is 3.19. The van der Waals surface area contributed by atoms with Crippen LogP contribution in [0.3, 0.4) is 0 Å². The van der Waals surface area contributed by atoms with Gasteiger partial charge < -0.3 is 4.98 Å². The van der Waals surface area contributed by atoms with Crippen LogP contribution >= 0.6 is 0 Å². The third kappa shape index (κ3) is 3.13. The fourth-order valence-corrected chi connectivity index (χ4v) is 3.19. The number of nitrogens with zero attached hydrogens (tertiary/aromatic N) is 3. The first-order valence-corrected chi connectivity index (χ1v) is 8.29. The Morgan fingerprint density at radius 2 is 1.96 bits per heavy atom. The summed E-state index contributed by atoms with van der Waals surface area (Å²) in [5.74, 6) is -1.20. The van der Waals surface area contributed by atoms with Gasteiger partial charge in [0, 0.05) is 48.7 Å². The summed E-state index contributed by atoms with van der Waals surface area (Å²) < 4.78 is 27.3. The predicted molar refractivity (Wildman–Crippen MR) is 92.3 cm³/mol. The van der Waals surface area contributed by atoms with E-state index in [1.54, 1.807) is 30.6 Å². The minimum Gasteiger partial charge on any atom is -0.306 e. The molecule has 0 fully saturated rings. The van der Waals surface area contributed by atoms with Crippen LogP contribution in [0.4, 0.5) is 8.78 Å². The molecule has 0 spiro atoms. The van der Waals surface area contributed by atoms with Crippen LogP contribution in [0.5, 0.6) is 0 Å². The van der Waals surface area contributed by atoms with E-state index in [1.165, 1.54) is 6.07 Å². The van der Waals surface area contributed by atoms with Gasteiger partial charge in [-0.05, 0) is 24.6 Å². The first-order chi connectivity index (χ1) is 12.6. The molecule has 7 heteroatoms. The second-order valence-electron chi connectivity index (χ2n) is 6.25. The van der Waals surface area contributed by atoms with Crippen molar-refractivity contribution >= 4 is 0 Å². The molecule has 0 radical (unpaired) electrons. The van der Waals surface area contributed by atoms with Gasteiger partial charge in [-0.15, -0.1) is 0 Å². The highest BCUT2D eigenvalue weighted by atomic mass is 19.2. The van der Waals surface area contributed by atoms with Crippen LogP contribution in [0, 0.1) is 11.6 Å². The summed E-state index contributed by atoms with van der Waals surface area (Å²) in [5, 5.41) is 0. The summed E-state index contributed by atoms with van der Waals surface area (Å²) in [6, 6.07) is 7.71. The zero-order valence-electron chi connectivity index (χ0n) is 13.9. The van der Waals surface area contributed by atoms with Crippen molar-refractivity contribution in [2.45, 2.75) is 19.5 Å². The van der Waals surface area contributed by atoms with Crippen LogP contribution in [0.15, 0.2) is 47.5 Å². The summed E-state index contributed by atoms with van der Waals surface area (Å²) in [7, 11) is 0. The van der Waals surface area contributed by atoms with E-state index < -0.39 is 11.6 Å². The first-order valence-electron chi connectivity index (χ1n) is 8.29. The quantitative estimate of drug-likeness (QED) is 0.786. The number of benzene rings is 1. The van der Waals surface area contributed by atoms with E-state index in [0.717, 1.165) is 11.6 Å². The molecule has 0 saturated carbocycles. The molecular formula is C19H16F2N4O. The van der Waals surface area contributed by atoms with E-state index >= 15 is 0 Å². The van der Waals surface area contributed by atoms with Crippen LogP contribution in [0.25, 0.3) is 11.4 Å². The Labute approximate surface area is 148 Å². The lowest BCUT2D eigenvalue weighted by Gasteiger charge is -2.27. The molecule has 5 nitrogen and oxygen atoms in total. The smallest absolute Gasteiger partial charge is 0.254 e. The first kappa shape index (κ1) is 16.5. The molecule has 3 heterocycles. The number of aromatic nitrogens is 3. The number of H-pyrrole nitrogens is 1. The van der Waals surface area contributed by atoms with Gasteiger partial charge in [-0.2, -0.15) is 0 Å². The highest BCUT2D eigenvalue weighted by Gasteiger charge is 2.22. The van der Waals surface area contributed by atoms with Gasteiger partial charge in [0.15, 0.2) is 11.6 Å². The van der Waals surface area contributed by atoms with Crippen molar-refractivity contribution in [2.24, 2.45) is 0 Å². The molecular weight excluding hydrogens is 338 g/mol. The van der Waals surface area contributed by atoms with E-state index in [4.69, 9.17) is 0 Å². The summed E-state index contributed by atoms with van der Waals surface area (Å²) in [5.41, 5.74) is 2.24. The van der Waals surface area contributed by atoms with E-state index in [-0.39, 0.29) is 12.1 Å². The molecule has 2 aromatic heterocycles. The number of rotatable bonds is 3. The molecule has 0 bridgehead atoms. The minimum absolute atomic E-state index is 0.154. The number of hydrogen-bond donors (Lipinski definition) is 1. The van der Waals surface area contributed by atoms with Gasteiger partial charge in [-0.1, -0.05) is 12.1 Å². The van der Waals surface area contributed by atoms with E-state index in [0.29, 0.717) is 42.2 Å². The zero-order valence-corrected chi connectivity index (χ0v) is 13.9. The molecule has 1 aliphatic rings. The van der Waals surface area contributed by atoms with E-state index in [1.807, 2.05) is 4.90 Å².